The minimum absolute atomic E-state index is 0.175. The second-order valence-corrected chi connectivity index (χ2v) is 6.19. The number of rotatable bonds is 6. The van der Waals surface area contributed by atoms with E-state index in [0.29, 0.717) is 0 Å². The standard InChI is InChI=1S/C18H23N3O4/c1-11-7-14(12(2)21(11)10-16-5-4-6-24-16)8-15(9-19)18(23)25-13(3)17(20)22/h7-8,13,16H,4-6,10H2,1-3H3,(H2,20,22)/b15-8+/t13-,16+/m1/s1. The fourth-order valence-electron chi connectivity index (χ4n) is 2.82. The summed E-state index contributed by atoms with van der Waals surface area (Å²) in [6.07, 6.45) is 2.68. The van der Waals surface area contributed by atoms with Gasteiger partial charge >= 0.3 is 5.97 Å². The van der Waals surface area contributed by atoms with Crippen LogP contribution in [0.3, 0.4) is 0 Å². The summed E-state index contributed by atoms with van der Waals surface area (Å²) in [6.45, 7) is 6.80. The number of aryl methyl sites for hydroxylation is 1. The van der Waals surface area contributed by atoms with E-state index in [1.165, 1.54) is 13.0 Å². The van der Waals surface area contributed by atoms with E-state index in [1.54, 1.807) is 0 Å². The largest absolute Gasteiger partial charge is 0.448 e. The topological polar surface area (TPSA) is 107 Å². The maximum absolute atomic E-state index is 12.0. The van der Waals surface area contributed by atoms with Crippen molar-refractivity contribution in [1.29, 1.82) is 5.26 Å². The van der Waals surface area contributed by atoms with Crippen LogP contribution < -0.4 is 5.73 Å². The zero-order chi connectivity index (χ0) is 18.6. The predicted octanol–water partition coefficient (Wildman–Crippen LogP) is 1.61. The van der Waals surface area contributed by atoms with E-state index < -0.39 is 18.0 Å². The van der Waals surface area contributed by atoms with E-state index in [9.17, 15) is 14.9 Å². The third-order valence-corrected chi connectivity index (χ3v) is 4.35. The molecule has 1 aliphatic rings. The van der Waals surface area contributed by atoms with Gasteiger partial charge in [0.25, 0.3) is 5.91 Å². The molecule has 2 rings (SSSR count). The van der Waals surface area contributed by atoms with E-state index in [0.717, 1.165) is 42.9 Å². The second kappa shape index (κ2) is 7.99. The molecule has 7 heteroatoms. The van der Waals surface area contributed by atoms with E-state index in [-0.39, 0.29) is 11.7 Å². The molecule has 2 heterocycles. The van der Waals surface area contributed by atoms with Crippen molar-refractivity contribution >= 4 is 18.0 Å². The zero-order valence-corrected chi connectivity index (χ0v) is 14.7. The van der Waals surface area contributed by atoms with Gasteiger partial charge in [-0.05, 0) is 51.3 Å². The Kier molecular flexibility index (Phi) is 5.99. The molecule has 2 atom stereocenters. The lowest BCUT2D eigenvalue weighted by Gasteiger charge is -2.14. The molecule has 25 heavy (non-hydrogen) atoms. The molecule has 134 valence electrons. The van der Waals surface area contributed by atoms with Crippen LogP contribution >= 0.6 is 0 Å². The van der Waals surface area contributed by atoms with Crippen molar-refractivity contribution in [3.63, 3.8) is 0 Å². The van der Waals surface area contributed by atoms with Gasteiger partial charge in [-0.2, -0.15) is 5.26 Å². The van der Waals surface area contributed by atoms with Crippen LogP contribution in [0.1, 0.15) is 36.7 Å². The van der Waals surface area contributed by atoms with Crippen LogP contribution in [0.4, 0.5) is 0 Å². The minimum atomic E-state index is -1.09. The molecule has 1 amide bonds. The first-order valence-corrected chi connectivity index (χ1v) is 8.24. The molecule has 0 bridgehead atoms. The molecule has 0 aliphatic carbocycles. The summed E-state index contributed by atoms with van der Waals surface area (Å²) in [4.78, 5) is 23.0. The number of ether oxygens (including phenoxy) is 2. The number of carbonyl (C=O) groups excluding carboxylic acids is 2. The number of hydrogen-bond donors (Lipinski definition) is 1. The molecular formula is C18H23N3O4. The molecule has 1 aromatic heterocycles. The van der Waals surface area contributed by atoms with E-state index in [1.807, 2.05) is 26.0 Å². The number of nitrogens with zero attached hydrogens (tertiary/aromatic N) is 2. The van der Waals surface area contributed by atoms with Crippen LogP contribution in [-0.2, 0) is 25.6 Å². The van der Waals surface area contributed by atoms with Gasteiger partial charge in [0, 0.05) is 24.5 Å². The first-order chi connectivity index (χ1) is 11.8. The Bertz CT molecular complexity index is 736. The molecule has 1 saturated heterocycles. The zero-order valence-electron chi connectivity index (χ0n) is 14.7. The normalized spacial score (nSPS) is 18.6. The summed E-state index contributed by atoms with van der Waals surface area (Å²) in [6, 6.07) is 3.73. The summed E-state index contributed by atoms with van der Waals surface area (Å²) in [5, 5.41) is 9.24. The quantitative estimate of drug-likeness (QED) is 0.479. The van der Waals surface area contributed by atoms with E-state index in [2.05, 4.69) is 4.57 Å². The predicted molar refractivity (Wildman–Crippen MR) is 91.2 cm³/mol. The Hall–Kier alpha value is -2.59. The van der Waals surface area contributed by atoms with Crippen LogP contribution in [-0.4, -0.2) is 35.3 Å². The van der Waals surface area contributed by atoms with Gasteiger partial charge in [-0.15, -0.1) is 0 Å². The van der Waals surface area contributed by atoms with Crippen molar-refractivity contribution in [3.05, 3.63) is 28.6 Å². The fourth-order valence-corrected chi connectivity index (χ4v) is 2.82. The van der Waals surface area contributed by atoms with Crippen molar-refractivity contribution in [3.8, 4) is 6.07 Å². The number of carbonyl (C=O) groups is 2. The number of esters is 1. The summed E-state index contributed by atoms with van der Waals surface area (Å²) in [7, 11) is 0. The summed E-state index contributed by atoms with van der Waals surface area (Å²) in [5.74, 6) is -1.63. The Morgan fingerprint density at radius 1 is 1.56 bits per heavy atom. The second-order valence-electron chi connectivity index (χ2n) is 6.19. The Balaban J connectivity index is 2.21. The highest BCUT2D eigenvalue weighted by Gasteiger charge is 2.21. The Morgan fingerprint density at radius 3 is 2.84 bits per heavy atom. The summed E-state index contributed by atoms with van der Waals surface area (Å²) < 4.78 is 12.7. The van der Waals surface area contributed by atoms with Gasteiger partial charge in [0.1, 0.15) is 11.6 Å². The van der Waals surface area contributed by atoms with E-state index >= 15 is 0 Å². The number of amides is 1. The lowest BCUT2D eigenvalue weighted by molar-refractivity contribution is -0.149. The van der Waals surface area contributed by atoms with Gasteiger partial charge in [-0.1, -0.05) is 0 Å². The highest BCUT2D eigenvalue weighted by atomic mass is 16.5. The smallest absolute Gasteiger partial charge is 0.349 e. The number of aromatic nitrogens is 1. The average molecular weight is 345 g/mol. The van der Waals surface area contributed by atoms with Crippen molar-refractivity contribution < 1.29 is 19.1 Å². The molecule has 1 aromatic rings. The monoisotopic (exact) mass is 345 g/mol. The molecule has 1 aliphatic heterocycles. The average Bonchev–Trinajstić information content (AvgIpc) is 3.16. The van der Waals surface area contributed by atoms with Crippen LogP contribution in [0.25, 0.3) is 6.08 Å². The van der Waals surface area contributed by atoms with Crippen LogP contribution in [0, 0.1) is 25.2 Å². The fraction of sp³-hybridized carbons (Fsp3) is 0.500. The molecular weight excluding hydrogens is 322 g/mol. The number of hydrogen-bond acceptors (Lipinski definition) is 5. The maximum atomic E-state index is 12.0. The first kappa shape index (κ1) is 18.7. The van der Waals surface area contributed by atoms with Crippen molar-refractivity contribution in [1.82, 2.24) is 4.57 Å². The number of primary amides is 1. The summed E-state index contributed by atoms with van der Waals surface area (Å²) >= 11 is 0. The lowest BCUT2D eigenvalue weighted by Crippen LogP contribution is -2.30. The number of nitrogens with two attached hydrogens (primary N) is 1. The molecule has 0 saturated carbocycles. The van der Waals surface area contributed by atoms with Gasteiger partial charge in [0.15, 0.2) is 6.10 Å². The molecule has 0 unspecified atom stereocenters. The maximum Gasteiger partial charge on any atom is 0.349 e. The molecule has 0 aromatic carbocycles. The third-order valence-electron chi connectivity index (χ3n) is 4.35. The van der Waals surface area contributed by atoms with Crippen LogP contribution in [0.15, 0.2) is 11.6 Å². The molecule has 2 N–H and O–H groups in total. The Labute approximate surface area is 147 Å². The van der Waals surface area contributed by atoms with E-state index in [4.69, 9.17) is 15.2 Å². The molecule has 0 radical (unpaired) electrons. The van der Waals surface area contributed by atoms with Crippen LogP contribution in [0.2, 0.25) is 0 Å². The molecule has 1 fully saturated rings. The van der Waals surface area contributed by atoms with Gasteiger partial charge < -0.3 is 19.8 Å². The van der Waals surface area contributed by atoms with Crippen molar-refractivity contribution in [2.24, 2.45) is 5.73 Å². The third kappa shape index (κ3) is 4.48. The minimum Gasteiger partial charge on any atom is -0.448 e. The molecule has 0 spiro atoms. The van der Waals surface area contributed by atoms with Gasteiger partial charge in [0.05, 0.1) is 6.10 Å². The van der Waals surface area contributed by atoms with Gasteiger partial charge in [-0.25, -0.2) is 4.79 Å². The first-order valence-electron chi connectivity index (χ1n) is 8.24. The molecule has 7 nitrogen and oxygen atoms in total. The van der Waals surface area contributed by atoms with Crippen molar-refractivity contribution in [2.75, 3.05) is 6.61 Å². The Morgan fingerprint density at radius 2 is 2.28 bits per heavy atom. The number of nitriles is 1. The SMILES string of the molecule is Cc1cc(/C=C(\C#N)C(=O)O[C@H](C)C(N)=O)c(C)n1C[C@@H]1CCCO1. The van der Waals surface area contributed by atoms with Gasteiger partial charge in [0.2, 0.25) is 0 Å². The summed E-state index contributed by atoms with van der Waals surface area (Å²) in [5.41, 5.74) is 7.62. The highest BCUT2D eigenvalue weighted by molar-refractivity contribution is 5.99. The van der Waals surface area contributed by atoms with Crippen molar-refractivity contribution in [2.45, 2.75) is 52.4 Å². The van der Waals surface area contributed by atoms with Crippen LogP contribution in [0.5, 0.6) is 0 Å². The van der Waals surface area contributed by atoms with Gasteiger partial charge in [-0.3, -0.25) is 4.79 Å². The highest BCUT2D eigenvalue weighted by Crippen LogP contribution is 2.22. The lowest BCUT2D eigenvalue weighted by atomic mass is 10.1.